The van der Waals surface area contributed by atoms with Crippen LogP contribution in [0.3, 0.4) is 0 Å². The largest absolute Gasteiger partial charge is 0.317 e. The van der Waals surface area contributed by atoms with Crippen LogP contribution in [0.5, 0.6) is 0 Å². The van der Waals surface area contributed by atoms with Gasteiger partial charge in [-0.3, -0.25) is 0 Å². The molecule has 0 unspecified atom stereocenters. The number of nitrogens with one attached hydrogen (secondary N) is 1. The van der Waals surface area contributed by atoms with Crippen molar-refractivity contribution < 1.29 is 18.6 Å². The van der Waals surface area contributed by atoms with E-state index in [1.165, 1.54) is 32.4 Å². The van der Waals surface area contributed by atoms with E-state index in [1.807, 2.05) is 0 Å². The van der Waals surface area contributed by atoms with E-state index in [2.05, 4.69) is 5.32 Å². The zero-order chi connectivity index (χ0) is 4.24. The zero-order valence-corrected chi connectivity index (χ0v) is 5.88. The fourth-order valence-electron chi connectivity index (χ4n) is 0.802. The summed E-state index contributed by atoms with van der Waals surface area (Å²) in [5.74, 6) is 0. The molecule has 0 bridgehead atoms. The minimum absolute atomic E-state index is 0. The van der Waals surface area contributed by atoms with Crippen molar-refractivity contribution >= 4 is 0 Å². The molecule has 1 fully saturated rings. The summed E-state index contributed by atoms with van der Waals surface area (Å²) in [6.45, 7) is 2.50. The SMILES string of the molecule is C1CCNCC1.[V]. The molecule has 1 N–H and O–H groups in total. The average Bonchev–Trinajstić information content (AvgIpc) is 1.72. The van der Waals surface area contributed by atoms with Crippen LogP contribution in [-0.2, 0) is 18.6 Å². The Morgan fingerprint density at radius 1 is 0.857 bits per heavy atom. The van der Waals surface area contributed by atoms with Crippen molar-refractivity contribution in [3.8, 4) is 0 Å². The summed E-state index contributed by atoms with van der Waals surface area (Å²) in [4.78, 5) is 0. The van der Waals surface area contributed by atoms with Gasteiger partial charge in [0, 0.05) is 18.6 Å². The molecule has 2 heteroatoms. The van der Waals surface area contributed by atoms with Crippen LogP contribution >= 0.6 is 0 Å². The Balaban J connectivity index is 0.000000360. The summed E-state index contributed by atoms with van der Waals surface area (Å²) in [5.41, 5.74) is 0. The van der Waals surface area contributed by atoms with Gasteiger partial charge >= 0.3 is 0 Å². The van der Waals surface area contributed by atoms with Gasteiger partial charge in [-0.15, -0.1) is 0 Å². The quantitative estimate of drug-likeness (QED) is 0.518. The maximum absolute atomic E-state index is 3.28. The minimum atomic E-state index is 0. The molecule has 0 saturated carbocycles. The van der Waals surface area contributed by atoms with Crippen LogP contribution in [-0.4, -0.2) is 13.1 Å². The molecule has 41 valence electrons. The third-order valence-electron chi connectivity index (χ3n) is 1.21. The monoisotopic (exact) mass is 136 g/mol. The van der Waals surface area contributed by atoms with Crippen LogP contribution in [0.15, 0.2) is 0 Å². The Kier molecular flexibility index (Phi) is 5.06. The van der Waals surface area contributed by atoms with E-state index in [9.17, 15) is 0 Å². The second-order valence-electron chi connectivity index (χ2n) is 1.81. The first kappa shape index (κ1) is 7.54. The van der Waals surface area contributed by atoms with Crippen LogP contribution in [0, 0.1) is 0 Å². The molecule has 1 saturated heterocycles. The van der Waals surface area contributed by atoms with Gasteiger partial charge < -0.3 is 5.32 Å². The molecule has 1 rings (SSSR count). The molecule has 0 atom stereocenters. The maximum Gasteiger partial charge on any atom is 0 e. The van der Waals surface area contributed by atoms with Crippen LogP contribution in [0.1, 0.15) is 19.3 Å². The Morgan fingerprint density at radius 3 is 1.57 bits per heavy atom. The molecular weight excluding hydrogens is 125 g/mol. The van der Waals surface area contributed by atoms with E-state index in [0.717, 1.165) is 0 Å². The molecule has 0 spiro atoms. The van der Waals surface area contributed by atoms with E-state index in [1.54, 1.807) is 0 Å². The van der Waals surface area contributed by atoms with E-state index in [4.69, 9.17) is 0 Å². The molecule has 1 aliphatic heterocycles. The third kappa shape index (κ3) is 3.16. The van der Waals surface area contributed by atoms with E-state index >= 15 is 0 Å². The third-order valence-corrected chi connectivity index (χ3v) is 1.21. The first-order chi connectivity index (χ1) is 3.00. The first-order valence-corrected chi connectivity index (χ1v) is 2.71. The van der Waals surface area contributed by atoms with Gasteiger partial charge in [0.1, 0.15) is 0 Å². The Labute approximate surface area is 56.8 Å². The molecule has 0 aromatic carbocycles. The predicted octanol–water partition coefficient (Wildman–Crippen LogP) is 0.757. The normalized spacial score (nSPS) is 20.6. The molecule has 0 aliphatic carbocycles. The summed E-state index contributed by atoms with van der Waals surface area (Å²) >= 11 is 0. The molecule has 7 heavy (non-hydrogen) atoms. The van der Waals surface area contributed by atoms with Gasteiger partial charge in [0.2, 0.25) is 0 Å². The summed E-state index contributed by atoms with van der Waals surface area (Å²) in [6, 6.07) is 0. The van der Waals surface area contributed by atoms with Gasteiger partial charge in [0.25, 0.3) is 0 Å². The molecule has 1 nitrogen and oxygen atoms in total. The van der Waals surface area contributed by atoms with Crippen molar-refractivity contribution in [2.75, 3.05) is 13.1 Å². The number of piperidine rings is 1. The minimum Gasteiger partial charge on any atom is -0.317 e. The standard InChI is InChI=1S/C5H11N.V/c1-2-4-6-5-3-1;/h6H,1-5H2;. The molecule has 0 amide bonds. The van der Waals surface area contributed by atoms with Gasteiger partial charge in [-0.25, -0.2) is 0 Å². The van der Waals surface area contributed by atoms with Crippen LogP contribution in [0.4, 0.5) is 0 Å². The molecule has 1 heterocycles. The van der Waals surface area contributed by atoms with Crippen molar-refractivity contribution in [3.05, 3.63) is 0 Å². The molecule has 0 aromatic rings. The van der Waals surface area contributed by atoms with Crippen LogP contribution < -0.4 is 5.32 Å². The molecule has 1 radical (unpaired) electrons. The fourth-order valence-corrected chi connectivity index (χ4v) is 0.802. The van der Waals surface area contributed by atoms with Gasteiger partial charge in [-0.1, -0.05) is 6.42 Å². The van der Waals surface area contributed by atoms with Crippen molar-refractivity contribution in [2.45, 2.75) is 19.3 Å². The summed E-state index contributed by atoms with van der Waals surface area (Å²) < 4.78 is 0. The maximum atomic E-state index is 3.28. The Hall–Kier alpha value is 0.544. The first-order valence-electron chi connectivity index (χ1n) is 2.71. The smallest absolute Gasteiger partial charge is 0 e. The summed E-state index contributed by atoms with van der Waals surface area (Å²) in [5, 5.41) is 3.28. The Bertz CT molecular complexity index is 23.6. The molecule has 0 aromatic heterocycles. The van der Waals surface area contributed by atoms with Gasteiger partial charge in [0.15, 0.2) is 0 Å². The fraction of sp³-hybridized carbons (Fsp3) is 1.00. The van der Waals surface area contributed by atoms with Crippen molar-refractivity contribution in [1.29, 1.82) is 0 Å². The van der Waals surface area contributed by atoms with Gasteiger partial charge in [0.05, 0.1) is 0 Å². The zero-order valence-electron chi connectivity index (χ0n) is 4.48. The van der Waals surface area contributed by atoms with Crippen molar-refractivity contribution in [1.82, 2.24) is 5.32 Å². The van der Waals surface area contributed by atoms with Crippen LogP contribution in [0.25, 0.3) is 0 Å². The summed E-state index contributed by atoms with van der Waals surface area (Å²) in [6.07, 6.45) is 4.22. The van der Waals surface area contributed by atoms with Gasteiger partial charge in [-0.2, -0.15) is 0 Å². The number of hydrogen-bond acceptors (Lipinski definition) is 1. The second kappa shape index (κ2) is 4.70. The van der Waals surface area contributed by atoms with Crippen molar-refractivity contribution in [3.63, 3.8) is 0 Å². The number of rotatable bonds is 0. The molecule has 1 aliphatic rings. The average molecular weight is 136 g/mol. The molecular formula is C5H11NV. The van der Waals surface area contributed by atoms with E-state index in [0.29, 0.717) is 0 Å². The van der Waals surface area contributed by atoms with E-state index in [-0.39, 0.29) is 18.6 Å². The second-order valence-corrected chi connectivity index (χ2v) is 1.81. The topological polar surface area (TPSA) is 12.0 Å². The van der Waals surface area contributed by atoms with Crippen molar-refractivity contribution in [2.24, 2.45) is 0 Å². The number of hydrogen-bond donors (Lipinski definition) is 1. The predicted molar refractivity (Wildman–Crippen MR) is 26.7 cm³/mol. The Morgan fingerprint density at radius 2 is 1.43 bits per heavy atom. The van der Waals surface area contributed by atoms with E-state index < -0.39 is 0 Å². The summed E-state index contributed by atoms with van der Waals surface area (Å²) in [7, 11) is 0. The van der Waals surface area contributed by atoms with Crippen LogP contribution in [0.2, 0.25) is 0 Å². The van der Waals surface area contributed by atoms with Gasteiger partial charge in [-0.05, 0) is 25.9 Å².